The molecular weight excluding hydrogens is 204 g/mol. The second-order valence-electron chi connectivity index (χ2n) is 3.98. The van der Waals surface area contributed by atoms with Crippen LogP contribution < -0.4 is 11.1 Å². The van der Waals surface area contributed by atoms with Gasteiger partial charge < -0.3 is 16.2 Å². The number of anilines is 1. The Bertz CT molecular complexity index is 402. The molecule has 1 rings (SSSR count). The average Bonchev–Trinajstić information content (AvgIpc) is 2.23. The first-order valence-electron chi connectivity index (χ1n) is 5.32. The number of hydrogen-bond donors (Lipinski definition) is 3. The smallest absolute Gasteiger partial charge is 0.241 e. The average molecular weight is 222 g/mol. The number of hydrogen-bond acceptors (Lipinski definition) is 3. The summed E-state index contributed by atoms with van der Waals surface area (Å²) < 4.78 is 0. The normalized spacial score (nSPS) is 12.2. The number of carbonyl (C=O) groups is 1. The van der Waals surface area contributed by atoms with Gasteiger partial charge in [-0.05, 0) is 37.5 Å². The maximum atomic E-state index is 11.6. The lowest BCUT2D eigenvalue weighted by molar-refractivity contribution is -0.117. The molecule has 0 fully saturated rings. The van der Waals surface area contributed by atoms with Gasteiger partial charge in [-0.25, -0.2) is 0 Å². The van der Waals surface area contributed by atoms with Crippen molar-refractivity contribution in [3.8, 4) is 5.75 Å². The molecule has 0 aromatic heterocycles. The second-order valence-corrected chi connectivity index (χ2v) is 3.98. The summed E-state index contributed by atoms with van der Waals surface area (Å²) in [5.41, 5.74) is 7.74. The van der Waals surface area contributed by atoms with Crippen molar-refractivity contribution in [3.05, 3.63) is 23.3 Å². The Labute approximate surface area is 95.5 Å². The molecule has 1 aromatic carbocycles. The van der Waals surface area contributed by atoms with E-state index in [0.29, 0.717) is 12.1 Å². The molecule has 16 heavy (non-hydrogen) atoms. The van der Waals surface area contributed by atoms with E-state index < -0.39 is 6.04 Å². The molecule has 4 N–H and O–H groups in total. The number of aromatic hydroxyl groups is 1. The number of phenolic OH excluding ortho intramolecular Hbond substituents is 1. The summed E-state index contributed by atoms with van der Waals surface area (Å²) in [6.45, 7) is 5.53. The van der Waals surface area contributed by atoms with Crippen molar-refractivity contribution >= 4 is 11.6 Å². The van der Waals surface area contributed by atoms with E-state index in [-0.39, 0.29) is 11.7 Å². The van der Waals surface area contributed by atoms with E-state index in [1.54, 1.807) is 13.0 Å². The first-order chi connectivity index (χ1) is 7.45. The van der Waals surface area contributed by atoms with Gasteiger partial charge in [0.25, 0.3) is 0 Å². The molecule has 0 aliphatic heterocycles. The zero-order chi connectivity index (χ0) is 12.3. The molecule has 0 bridgehead atoms. The third-order valence-electron chi connectivity index (χ3n) is 2.48. The first-order valence-corrected chi connectivity index (χ1v) is 5.32. The molecule has 1 atom stereocenters. The van der Waals surface area contributed by atoms with Crippen molar-refractivity contribution < 1.29 is 9.90 Å². The lowest BCUT2D eigenvalue weighted by atomic mass is 10.1. The summed E-state index contributed by atoms with van der Waals surface area (Å²) in [5.74, 6) is -0.176. The molecule has 0 saturated heterocycles. The van der Waals surface area contributed by atoms with Crippen molar-refractivity contribution in [1.29, 1.82) is 0 Å². The Morgan fingerprint density at radius 2 is 2.12 bits per heavy atom. The van der Waals surface area contributed by atoms with Crippen molar-refractivity contribution in [2.75, 3.05) is 5.32 Å². The molecule has 0 aliphatic carbocycles. The Morgan fingerprint density at radius 3 is 2.69 bits per heavy atom. The lowest BCUT2D eigenvalue weighted by Gasteiger charge is -2.13. The largest absolute Gasteiger partial charge is 0.505 e. The highest BCUT2D eigenvalue weighted by atomic mass is 16.3. The van der Waals surface area contributed by atoms with Gasteiger partial charge in [-0.3, -0.25) is 4.79 Å². The molecule has 0 radical (unpaired) electrons. The number of phenols is 1. The van der Waals surface area contributed by atoms with Crippen LogP contribution in [0.15, 0.2) is 12.1 Å². The predicted molar refractivity (Wildman–Crippen MR) is 64.5 cm³/mol. The Morgan fingerprint density at radius 1 is 1.50 bits per heavy atom. The van der Waals surface area contributed by atoms with Crippen molar-refractivity contribution in [2.24, 2.45) is 5.73 Å². The first kappa shape index (κ1) is 12.5. The lowest BCUT2D eigenvalue weighted by Crippen LogP contribution is -2.34. The van der Waals surface area contributed by atoms with E-state index in [0.717, 1.165) is 11.1 Å². The van der Waals surface area contributed by atoms with Crippen LogP contribution in [0.3, 0.4) is 0 Å². The Hall–Kier alpha value is -1.55. The third-order valence-corrected chi connectivity index (χ3v) is 2.48. The highest BCUT2D eigenvalue weighted by Crippen LogP contribution is 2.28. The topological polar surface area (TPSA) is 75.4 Å². The third kappa shape index (κ3) is 2.73. The van der Waals surface area contributed by atoms with Crippen LogP contribution >= 0.6 is 0 Å². The molecule has 0 saturated carbocycles. The minimum atomic E-state index is -0.541. The summed E-state index contributed by atoms with van der Waals surface area (Å²) in [6, 6.07) is 3.04. The zero-order valence-corrected chi connectivity index (χ0v) is 9.87. The SMILES string of the molecule is CCC(N)C(=O)Nc1cc(C)cc(C)c1O. The summed E-state index contributed by atoms with van der Waals surface area (Å²) in [5, 5.41) is 12.4. The van der Waals surface area contributed by atoms with E-state index >= 15 is 0 Å². The number of carbonyl (C=O) groups excluding carboxylic acids is 1. The van der Waals surface area contributed by atoms with Gasteiger partial charge in [-0.15, -0.1) is 0 Å². The van der Waals surface area contributed by atoms with Gasteiger partial charge in [0, 0.05) is 0 Å². The van der Waals surface area contributed by atoms with E-state index in [1.807, 2.05) is 19.9 Å². The Balaban J connectivity index is 2.93. The standard InChI is InChI=1S/C12H18N2O2/c1-4-9(13)12(16)14-10-6-7(2)5-8(3)11(10)15/h5-6,9,15H,4,13H2,1-3H3,(H,14,16). The highest BCUT2D eigenvalue weighted by molar-refractivity contribution is 5.96. The van der Waals surface area contributed by atoms with E-state index in [1.165, 1.54) is 0 Å². The minimum Gasteiger partial charge on any atom is -0.505 e. The number of rotatable bonds is 3. The van der Waals surface area contributed by atoms with Crippen molar-refractivity contribution in [2.45, 2.75) is 33.2 Å². The zero-order valence-electron chi connectivity index (χ0n) is 9.87. The van der Waals surface area contributed by atoms with E-state index in [9.17, 15) is 9.90 Å². The number of nitrogens with one attached hydrogen (secondary N) is 1. The van der Waals surface area contributed by atoms with Gasteiger partial charge in [-0.1, -0.05) is 13.0 Å². The van der Waals surface area contributed by atoms with Gasteiger partial charge in [0.05, 0.1) is 11.7 Å². The Kier molecular flexibility index (Phi) is 3.90. The van der Waals surface area contributed by atoms with Crippen LogP contribution in [0.2, 0.25) is 0 Å². The van der Waals surface area contributed by atoms with Crippen molar-refractivity contribution in [3.63, 3.8) is 0 Å². The fourth-order valence-electron chi connectivity index (χ4n) is 1.47. The van der Waals surface area contributed by atoms with Gasteiger partial charge in [0.1, 0.15) is 5.75 Å². The maximum absolute atomic E-state index is 11.6. The van der Waals surface area contributed by atoms with Crippen LogP contribution in [0.4, 0.5) is 5.69 Å². The summed E-state index contributed by atoms with van der Waals surface area (Å²) >= 11 is 0. The van der Waals surface area contributed by atoms with Gasteiger partial charge in [0.2, 0.25) is 5.91 Å². The summed E-state index contributed by atoms with van der Waals surface area (Å²) in [6.07, 6.45) is 0.567. The highest BCUT2D eigenvalue weighted by Gasteiger charge is 2.14. The molecule has 0 aliphatic rings. The molecule has 1 amide bonds. The van der Waals surface area contributed by atoms with Crippen LogP contribution in [-0.4, -0.2) is 17.1 Å². The molecule has 1 aromatic rings. The number of amides is 1. The summed E-state index contributed by atoms with van der Waals surface area (Å²) in [4.78, 5) is 11.6. The minimum absolute atomic E-state index is 0.0993. The predicted octanol–water partition coefficient (Wildman–Crippen LogP) is 1.68. The molecule has 4 heteroatoms. The van der Waals surface area contributed by atoms with Gasteiger partial charge >= 0.3 is 0 Å². The molecule has 88 valence electrons. The second kappa shape index (κ2) is 4.99. The molecule has 0 spiro atoms. The molecule has 0 heterocycles. The fraction of sp³-hybridized carbons (Fsp3) is 0.417. The molecular formula is C12H18N2O2. The van der Waals surface area contributed by atoms with Crippen LogP contribution in [-0.2, 0) is 4.79 Å². The van der Waals surface area contributed by atoms with Crippen LogP contribution in [0.5, 0.6) is 5.75 Å². The van der Waals surface area contributed by atoms with Crippen LogP contribution in [0.1, 0.15) is 24.5 Å². The van der Waals surface area contributed by atoms with E-state index in [4.69, 9.17) is 5.73 Å². The number of nitrogens with two attached hydrogens (primary N) is 1. The number of aryl methyl sites for hydroxylation is 2. The summed E-state index contributed by atoms with van der Waals surface area (Å²) in [7, 11) is 0. The molecule has 1 unspecified atom stereocenters. The quantitative estimate of drug-likeness (QED) is 0.681. The van der Waals surface area contributed by atoms with Crippen molar-refractivity contribution in [1.82, 2.24) is 0 Å². The van der Waals surface area contributed by atoms with Gasteiger partial charge in [0.15, 0.2) is 0 Å². The number of benzene rings is 1. The van der Waals surface area contributed by atoms with E-state index in [2.05, 4.69) is 5.32 Å². The van der Waals surface area contributed by atoms with Gasteiger partial charge in [-0.2, -0.15) is 0 Å². The maximum Gasteiger partial charge on any atom is 0.241 e. The monoisotopic (exact) mass is 222 g/mol. The van der Waals surface area contributed by atoms with Crippen LogP contribution in [0.25, 0.3) is 0 Å². The fourth-order valence-corrected chi connectivity index (χ4v) is 1.47. The molecule has 4 nitrogen and oxygen atoms in total. The van der Waals surface area contributed by atoms with Crippen LogP contribution in [0, 0.1) is 13.8 Å².